The highest BCUT2D eigenvalue weighted by molar-refractivity contribution is 5.37. The van der Waals surface area contributed by atoms with Gasteiger partial charge in [-0.15, -0.1) is 0 Å². The predicted molar refractivity (Wildman–Crippen MR) is 76.4 cm³/mol. The van der Waals surface area contributed by atoms with Crippen molar-refractivity contribution in [3.05, 3.63) is 23.2 Å². The monoisotopic (exact) mass is 264 g/mol. The second kappa shape index (κ2) is 6.08. The summed E-state index contributed by atoms with van der Waals surface area (Å²) in [5.74, 6) is 1.02. The van der Waals surface area contributed by atoms with Crippen molar-refractivity contribution < 1.29 is 4.39 Å². The zero-order chi connectivity index (χ0) is 13.1. The van der Waals surface area contributed by atoms with E-state index in [1.807, 2.05) is 0 Å². The Labute approximate surface area is 115 Å². The van der Waals surface area contributed by atoms with Gasteiger partial charge in [-0.05, 0) is 25.2 Å². The van der Waals surface area contributed by atoms with Crippen molar-refractivity contribution in [1.82, 2.24) is 10.6 Å². The molecule has 2 nitrogen and oxygen atoms in total. The topological polar surface area (TPSA) is 24.1 Å². The normalized spacial score (nSPS) is 28.7. The molecule has 0 bridgehead atoms. The van der Waals surface area contributed by atoms with E-state index in [1.54, 1.807) is 0 Å². The average molecular weight is 264 g/mol. The number of rotatable bonds is 3. The van der Waals surface area contributed by atoms with Crippen LogP contribution in [0.3, 0.4) is 0 Å². The van der Waals surface area contributed by atoms with Gasteiger partial charge in [-0.25, -0.2) is 4.39 Å². The van der Waals surface area contributed by atoms with Crippen molar-refractivity contribution >= 4 is 0 Å². The molecule has 1 heterocycles. The van der Waals surface area contributed by atoms with Crippen LogP contribution in [0.1, 0.15) is 51.4 Å². The van der Waals surface area contributed by atoms with Crippen LogP contribution < -0.4 is 10.6 Å². The summed E-state index contributed by atoms with van der Waals surface area (Å²) in [6.07, 6.45) is 11.8. The van der Waals surface area contributed by atoms with E-state index in [0.717, 1.165) is 30.2 Å². The molecule has 19 heavy (non-hydrogen) atoms. The van der Waals surface area contributed by atoms with Crippen LogP contribution in [0.15, 0.2) is 23.2 Å². The van der Waals surface area contributed by atoms with Gasteiger partial charge in [0.05, 0.1) is 0 Å². The summed E-state index contributed by atoms with van der Waals surface area (Å²) < 4.78 is 13.8. The number of halogens is 1. The van der Waals surface area contributed by atoms with Gasteiger partial charge in [0, 0.05) is 36.8 Å². The molecule has 1 atom stereocenters. The SMILES string of the molecule is FC1=C2CNC[C@H](CCC3CCCC3)NC2=CCC1. The first-order valence-corrected chi connectivity index (χ1v) is 7.88. The first kappa shape index (κ1) is 13.2. The third-order valence-corrected chi connectivity index (χ3v) is 4.82. The van der Waals surface area contributed by atoms with Gasteiger partial charge in [-0.1, -0.05) is 31.8 Å². The fourth-order valence-corrected chi connectivity index (χ4v) is 3.65. The van der Waals surface area contributed by atoms with Crippen LogP contribution in [-0.2, 0) is 0 Å². The number of allylic oxidation sites excluding steroid dienone is 2. The van der Waals surface area contributed by atoms with Crippen LogP contribution in [0.2, 0.25) is 0 Å². The molecular weight excluding hydrogens is 239 g/mol. The lowest BCUT2D eigenvalue weighted by atomic mass is 9.98. The molecule has 0 aromatic rings. The zero-order valence-electron chi connectivity index (χ0n) is 11.7. The summed E-state index contributed by atoms with van der Waals surface area (Å²) in [5.41, 5.74) is 1.93. The smallest absolute Gasteiger partial charge is 0.107 e. The fourth-order valence-electron chi connectivity index (χ4n) is 3.65. The fraction of sp³-hybridized carbons (Fsp3) is 0.750. The molecule has 0 amide bonds. The Balaban J connectivity index is 1.57. The summed E-state index contributed by atoms with van der Waals surface area (Å²) in [6.45, 7) is 1.64. The van der Waals surface area contributed by atoms with Gasteiger partial charge in [0.1, 0.15) is 5.83 Å². The number of hydrogen-bond donors (Lipinski definition) is 2. The summed E-state index contributed by atoms with van der Waals surface area (Å²) in [6, 6.07) is 0.468. The highest BCUT2D eigenvalue weighted by Crippen LogP contribution is 2.30. The van der Waals surface area contributed by atoms with E-state index in [4.69, 9.17) is 0 Å². The molecule has 0 radical (unpaired) electrons. The highest BCUT2D eigenvalue weighted by Gasteiger charge is 2.23. The first-order chi connectivity index (χ1) is 9.33. The van der Waals surface area contributed by atoms with E-state index in [2.05, 4.69) is 16.7 Å². The standard InChI is InChI=1S/C16H25FN2/c17-15-6-3-7-16-14(15)11-18-10-13(19-16)9-8-12-4-1-2-5-12/h7,12-13,18-19H,1-6,8-11H2/t13-/m0/s1. The third kappa shape index (κ3) is 3.19. The Hall–Kier alpha value is -0.830. The van der Waals surface area contributed by atoms with Crippen LogP contribution in [0.25, 0.3) is 0 Å². The van der Waals surface area contributed by atoms with Gasteiger partial charge in [-0.3, -0.25) is 0 Å². The molecule has 0 aromatic heterocycles. The van der Waals surface area contributed by atoms with Crippen molar-refractivity contribution in [2.24, 2.45) is 5.92 Å². The zero-order valence-corrected chi connectivity index (χ0v) is 11.7. The largest absolute Gasteiger partial charge is 0.381 e. The Kier molecular flexibility index (Phi) is 4.21. The van der Waals surface area contributed by atoms with Crippen LogP contribution >= 0.6 is 0 Å². The molecule has 106 valence electrons. The molecule has 1 aliphatic heterocycles. The Bertz CT molecular complexity index is 380. The van der Waals surface area contributed by atoms with Crippen LogP contribution in [0.5, 0.6) is 0 Å². The van der Waals surface area contributed by atoms with Gasteiger partial charge in [-0.2, -0.15) is 0 Å². The van der Waals surface area contributed by atoms with E-state index >= 15 is 0 Å². The maximum Gasteiger partial charge on any atom is 0.107 e. The summed E-state index contributed by atoms with van der Waals surface area (Å²) in [7, 11) is 0. The lowest BCUT2D eigenvalue weighted by molar-refractivity contribution is 0.419. The second-order valence-corrected chi connectivity index (χ2v) is 6.24. The second-order valence-electron chi connectivity index (χ2n) is 6.24. The summed E-state index contributed by atoms with van der Waals surface area (Å²) in [5, 5.41) is 6.97. The van der Waals surface area contributed by atoms with E-state index in [1.165, 1.54) is 38.5 Å². The van der Waals surface area contributed by atoms with Gasteiger partial charge < -0.3 is 10.6 Å². The minimum Gasteiger partial charge on any atom is -0.381 e. The maximum atomic E-state index is 13.8. The quantitative estimate of drug-likeness (QED) is 0.816. The van der Waals surface area contributed by atoms with Crippen molar-refractivity contribution in [3.63, 3.8) is 0 Å². The minimum absolute atomic E-state index is 0.0777. The third-order valence-electron chi connectivity index (χ3n) is 4.82. The van der Waals surface area contributed by atoms with Crippen molar-refractivity contribution in [2.45, 2.75) is 57.4 Å². The number of hydrogen-bond acceptors (Lipinski definition) is 2. The van der Waals surface area contributed by atoms with E-state index in [9.17, 15) is 4.39 Å². The van der Waals surface area contributed by atoms with Crippen molar-refractivity contribution in [3.8, 4) is 0 Å². The molecule has 1 saturated carbocycles. The highest BCUT2D eigenvalue weighted by atomic mass is 19.1. The van der Waals surface area contributed by atoms with E-state index in [-0.39, 0.29) is 5.83 Å². The molecule has 3 heteroatoms. The summed E-state index contributed by atoms with van der Waals surface area (Å²) >= 11 is 0. The molecule has 0 unspecified atom stereocenters. The molecule has 3 aliphatic rings. The molecule has 2 aliphatic carbocycles. The predicted octanol–water partition coefficient (Wildman–Crippen LogP) is 3.42. The Morgan fingerprint density at radius 3 is 2.89 bits per heavy atom. The lowest BCUT2D eigenvalue weighted by Crippen LogP contribution is -2.34. The van der Waals surface area contributed by atoms with Crippen molar-refractivity contribution in [1.29, 1.82) is 0 Å². The van der Waals surface area contributed by atoms with Crippen LogP contribution in [0, 0.1) is 5.92 Å². The van der Waals surface area contributed by atoms with Gasteiger partial charge in [0.15, 0.2) is 0 Å². The summed E-state index contributed by atoms with van der Waals surface area (Å²) in [4.78, 5) is 0. The average Bonchev–Trinajstić information content (AvgIpc) is 2.83. The molecule has 3 rings (SSSR count). The van der Waals surface area contributed by atoms with Gasteiger partial charge in [0.2, 0.25) is 0 Å². The molecule has 2 N–H and O–H groups in total. The first-order valence-electron chi connectivity index (χ1n) is 7.88. The van der Waals surface area contributed by atoms with Crippen molar-refractivity contribution in [2.75, 3.05) is 13.1 Å². The number of nitrogens with one attached hydrogen (secondary N) is 2. The molecule has 0 aromatic carbocycles. The van der Waals surface area contributed by atoms with Crippen LogP contribution in [-0.4, -0.2) is 19.1 Å². The Morgan fingerprint density at radius 2 is 2.05 bits per heavy atom. The number of fused-ring (bicyclic) bond motifs is 1. The van der Waals surface area contributed by atoms with Gasteiger partial charge in [0.25, 0.3) is 0 Å². The maximum absolute atomic E-state index is 13.8. The van der Waals surface area contributed by atoms with E-state index < -0.39 is 0 Å². The van der Waals surface area contributed by atoms with E-state index in [0.29, 0.717) is 19.0 Å². The molecule has 1 saturated heterocycles. The lowest BCUT2D eigenvalue weighted by Gasteiger charge is -2.22. The van der Waals surface area contributed by atoms with Crippen LogP contribution in [0.4, 0.5) is 4.39 Å². The van der Waals surface area contributed by atoms with Gasteiger partial charge >= 0.3 is 0 Å². The Morgan fingerprint density at radius 1 is 1.21 bits per heavy atom. The minimum atomic E-state index is 0.0777. The molecule has 2 fully saturated rings. The molecule has 0 spiro atoms. The molecular formula is C16H25FN2.